The van der Waals surface area contributed by atoms with E-state index in [1.807, 2.05) is 0 Å². The first-order valence-corrected chi connectivity index (χ1v) is 7.95. The Balaban J connectivity index is 2.36. The number of thiol groups is 2. The minimum Gasteiger partial charge on any atom is -0.302 e. The molecule has 18 heavy (non-hydrogen) atoms. The minimum atomic E-state index is 0.117. The second kappa shape index (κ2) is 6.87. The topological polar surface area (TPSA) is 6.48 Å². The van der Waals surface area contributed by atoms with Gasteiger partial charge in [0.2, 0.25) is 0 Å². The highest BCUT2D eigenvalue weighted by Gasteiger charge is 2.21. The third-order valence-corrected chi connectivity index (χ3v) is 3.40. The highest BCUT2D eigenvalue weighted by atomic mass is 32.1. The third-order valence-electron chi connectivity index (χ3n) is 3.12. The normalized spacial score (nSPS) is 21.7. The maximum absolute atomic E-state index is 4.64. The molecule has 0 saturated carbocycles. The van der Waals surface area contributed by atoms with Gasteiger partial charge in [-0.2, -0.15) is 25.3 Å². The van der Waals surface area contributed by atoms with Gasteiger partial charge in [-0.3, -0.25) is 0 Å². The van der Waals surface area contributed by atoms with Gasteiger partial charge in [0.05, 0.1) is 0 Å². The van der Waals surface area contributed by atoms with Gasteiger partial charge < -0.3 is 9.80 Å². The molecule has 2 nitrogen and oxygen atoms in total. The van der Waals surface area contributed by atoms with E-state index in [0.717, 1.165) is 13.1 Å². The Morgan fingerprint density at radius 1 is 0.722 bits per heavy atom. The van der Waals surface area contributed by atoms with Crippen LogP contribution in [0, 0.1) is 0 Å². The average Bonchev–Trinajstić information content (AvgIpc) is 2.08. The van der Waals surface area contributed by atoms with Crippen molar-refractivity contribution >= 4 is 25.3 Å². The number of rotatable bonds is 4. The molecule has 1 aliphatic rings. The number of hydrogen-bond donors (Lipinski definition) is 2. The van der Waals surface area contributed by atoms with E-state index in [1.165, 1.54) is 39.0 Å². The lowest BCUT2D eigenvalue weighted by atomic mass is 10.1. The second-order valence-corrected chi connectivity index (χ2v) is 9.31. The molecule has 1 aliphatic heterocycles. The van der Waals surface area contributed by atoms with E-state index in [4.69, 9.17) is 0 Å². The maximum atomic E-state index is 4.64. The van der Waals surface area contributed by atoms with Crippen LogP contribution >= 0.6 is 25.3 Å². The molecule has 0 amide bonds. The van der Waals surface area contributed by atoms with Gasteiger partial charge in [0.25, 0.3) is 0 Å². The molecule has 0 aromatic carbocycles. The molecule has 108 valence electrons. The predicted molar refractivity (Wildman–Crippen MR) is 88.2 cm³/mol. The van der Waals surface area contributed by atoms with Gasteiger partial charge in [-0.1, -0.05) is 0 Å². The molecule has 4 heteroatoms. The molecule has 0 bridgehead atoms. The van der Waals surface area contributed by atoms with Gasteiger partial charge in [0.1, 0.15) is 0 Å². The summed E-state index contributed by atoms with van der Waals surface area (Å²) in [4.78, 5) is 5.13. The summed E-state index contributed by atoms with van der Waals surface area (Å²) < 4.78 is 0.234. The maximum Gasteiger partial charge on any atom is 0.0200 e. The Morgan fingerprint density at radius 3 is 1.22 bits per heavy atom. The fourth-order valence-electron chi connectivity index (χ4n) is 2.67. The first kappa shape index (κ1) is 16.7. The summed E-state index contributed by atoms with van der Waals surface area (Å²) in [6.45, 7) is 15.8. The Bertz CT molecular complexity index is 209. The van der Waals surface area contributed by atoms with Crippen molar-refractivity contribution in [1.82, 2.24) is 9.80 Å². The Hall–Kier alpha value is 0.620. The van der Waals surface area contributed by atoms with Crippen LogP contribution in [0.3, 0.4) is 0 Å². The molecule has 1 fully saturated rings. The van der Waals surface area contributed by atoms with E-state index in [2.05, 4.69) is 62.8 Å². The van der Waals surface area contributed by atoms with Crippen LogP contribution in [-0.2, 0) is 0 Å². The predicted octanol–water partition coefficient (Wildman–Crippen LogP) is 2.80. The van der Waals surface area contributed by atoms with Gasteiger partial charge >= 0.3 is 0 Å². The quantitative estimate of drug-likeness (QED) is 0.769. The lowest BCUT2D eigenvalue weighted by Gasteiger charge is -2.35. The molecule has 0 unspecified atom stereocenters. The molecule has 0 radical (unpaired) electrons. The zero-order valence-corrected chi connectivity index (χ0v) is 14.2. The first-order valence-electron chi connectivity index (χ1n) is 7.05. The van der Waals surface area contributed by atoms with Crippen molar-refractivity contribution in [2.45, 2.75) is 50.0 Å². The van der Waals surface area contributed by atoms with E-state index in [-0.39, 0.29) is 9.49 Å². The summed E-state index contributed by atoms with van der Waals surface area (Å²) in [7, 11) is 0. The van der Waals surface area contributed by atoms with Crippen LogP contribution in [0.5, 0.6) is 0 Å². The van der Waals surface area contributed by atoms with Crippen molar-refractivity contribution in [2.75, 3.05) is 39.3 Å². The van der Waals surface area contributed by atoms with Crippen molar-refractivity contribution in [3.8, 4) is 0 Å². The van der Waals surface area contributed by atoms with E-state index < -0.39 is 0 Å². The van der Waals surface area contributed by atoms with Crippen LogP contribution in [0.25, 0.3) is 0 Å². The van der Waals surface area contributed by atoms with Crippen molar-refractivity contribution in [2.24, 2.45) is 0 Å². The van der Waals surface area contributed by atoms with Crippen LogP contribution in [0.4, 0.5) is 0 Å². The largest absolute Gasteiger partial charge is 0.302 e. The van der Waals surface area contributed by atoms with E-state index in [0.29, 0.717) is 0 Å². The zero-order valence-electron chi connectivity index (χ0n) is 12.4. The van der Waals surface area contributed by atoms with Crippen LogP contribution in [-0.4, -0.2) is 58.6 Å². The van der Waals surface area contributed by atoms with Gasteiger partial charge in [-0.05, 0) is 66.7 Å². The molecule has 0 aromatic rings. The van der Waals surface area contributed by atoms with E-state index in [9.17, 15) is 0 Å². The standard InChI is InChI=1S/C14H30N2S2/c1-13(2,17)11-15-7-5-9-16(10-6-8-15)12-14(3,4)18/h17-18H,5-12H2,1-4H3. The lowest BCUT2D eigenvalue weighted by molar-refractivity contribution is 0.170. The highest BCUT2D eigenvalue weighted by molar-refractivity contribution is 7.82. The number of hydrogen-bond acceptors (Lipinski definition) is 4. The van der Waals surface area contributed by atoms with Crippen LogP contribution < -0.4 is 0 Å². The van der Waals surface area contributed by atoms with Crippen molar-refractivity contribution in [1.29, 1.82) is 0 Å². The zero-order chi connectivity index (χ0) is 13.8. The van der Waals surface area contributed by atoms with Gasteiger partial charge in [-0.25, -0.2) is 0 Å². The number of nitrogens with zero attached hydrogens (tertiary/aromatic N) is 2. The van der Waals surface area contributed by atoms with Crippen molar-refractivity contribution < 1.29 is 0 Å². The summed E-state index contributed by atoms with van der Waals surface area (Å²) in [6, 6.07) is 0. The highest BCUT2D eigenvalue weighted by Crippen LogP contribution is 2.18. The Kier molecular flexibility index (Phi) is 6.36. The summed E-state index contributed by atoms with van der Waals surface area (Å²) in [6.07, 6.45) is 2.52. The summed E-state index contributed by atoms with van der Waals surface area (Å²) >= 11 is 9.28. The fraction of sp³-hybridized carbons (Fsp3) is 1.00. The van der Waals surface area contributed by atoms with Gasteiger partial charge in [-0.15, -0.1) is 0 Å². The molecular weight excluding hydrogens is 260 g/mol. The molecule has 1 rings (SSSR count). The molecule has 0 spiro atoms. The molecule has 0 aromatic heterocycles. The van der Waals surface area contributed by atoms with Crippen LogP contribution in [0.15, 0.2) is 0 Å². The van der Waals surface area contributed by atoms with E-state index in [1.54, 1.807) is 0 Å². The average molecular weight is 291 g/mol. The molecule has 0 aliphatic carbocycles. The lowest BCUT2D eigenvalue weighted by Crippen LogP contribution is -2.43. The molecule has 0 atom stereocenters. The summed E-state index contributed by atoms with van der Waals surface area (Å²) in [5.74, 6) is 0. The summed E-state index contributed by atoms with van der Waals surface area (Å²) in [5.41, 5.74) is 0. The molecular formula is C14H30N2S2. The SMILES string of the molecule is CC(C)(S)CN1CCCN(CC(C)(C)S)CCC1. The first-order chi connectivity index (χ1) is 8.16. The monoisotopic (exact) mass is 290 g/mol. The van der Waals surface area contributed by atoms with Crippen molar-refractivity contribution in [3.05, 3.63) is 0 Å². The Labute approximate surface area is 124 Å². The van der Waals surface area contributed by atoms with Gasteiger partial charge in [0.15, 0.2) is 0 Å². The molecule has 1 saturated heterocycles. The van der Waals surface area contributed by atoms with Crippen LogP contribution in [0.1, 0.15) is 40.5 Å². The summed E-state index contributed by atoms with van der Waals surface area (Å²) in [5, 5.41) is 0. The minimum absolute atomic E-state index is 0.117. The second-order valence-electron chi connectivity index (χ2n) is 6.88. The third kappa shape index (κ3) is 7.93. The fourth-order valence-corrected chi connectivity index (χ4v) is 3.07. The smallest absolute Gasteiger partial charge is 0.0200 e. The van der Waals surface area contributed by atoms with E-state index >= 15 is 0 Å². The van der Waals surface area contributed by atoms with Crippen molar-refractivity contribution in [3.63, 3.8) is 0 Å². The van der Waals surface area contributed by atoms with Gasteiger partial charge in [0, 0.05) is 22.6 Å². The molecule has 1 heterocycles. The molecule has 0 N–H and O–H groups in total. The van der Waals surface area contributed by atoms with Crippen LogP contribution in [0.2, 0.25) is 0 Å². The Morgan fingerprint density at radius 2 is 1.00 bits per heavy atom.